The zero-order valence-electron chi connectivity index (χ0n) is 18.6. The number of benzene rings is 2. The maximum atomic E-state index is 13.4. The van der Waals surface area contributed by atoms with E-state index in [-0.39, 0.29) is 24.2 Å². The van der Waals surface area contributed by atoms with Crippen molar-refractivity contribution in [3.63, 3.8) is 0 Å². The fraction of sp³-hybridized carbons (Fsp3) is 0.308. The quantitative estimate of drug-likeness (QED) is 0.540. The molecule has 0 unspecified atom stereocenters. The number of aromatic nitrogens is 1. The second kappa shape index (κ2) is 9.39. The van der Waals surface area contributed by atoms with Crippen LogP contribution in [0.25, 0.3) is 11.1 Å². The number of hydrogen-bond donors (Lipinski definition) is 0. The van der Waals surface area contributed by atoms with Gasteiger partial charge in [0.05, 0.1) is 32.4 Å². The lowest BCUT2D eigenvalue weighted by Gasteiger charge is -2.25. The van der Waals surface area contributed by atoms with Gasteiger partial charge in [0.1, 0.15) is 17.3 Å². The molecule has 4 rings (SSSR count). The number of aryl methyl sites for hydroxylation is 1. The minimum absolute atomic E-state index is 0.0330. The van der Waals surface area contributed by atoms with Gasteiger partial charge in [0, 0.05) is 17.8 Å². The van der Waals surface area contributed by atoms with Gasteiger partial charge in [0.15, 0.2) is 0 Å². The fourth-order valence-corrected chi connectivity index (χ4v) is 4.33. The first kappa shape index (κ1) is 21.8. The van der Waals surface area contributed by atoms with E-state index in [1.165, 1.54) is 12.1 Å². The summed E-state index contributed by atoms with van der Waals surface area (Å²) in [6.07, 6.45) is 2.01. The van der Waals surface area contributed by atoms with Crippen LogP contribution < -0.4 is 9.47 Å². The Labute approximate surface area is 187 Å². The van der Waals surface area contributed by atoms with E-state index >= 15 is 0 Å². The van der Waals surface area contributed by atoms with Gasteiger partial charge < -0.3 is 14.4 Å². The highest BCUT2D eigenvalue weighted by atomic mass is 19.1. The topological polar surface area (TPSA) is 51.7 Å². The molecule has 166 valence electrons. The molecule has 0 N–H and O–H groups in total. The van der Waals surface area contributed by atoms with Crippen LogP contribution in [0.5, 0.6) is 11.5 Å². The van der Waals surface area contributed by atoms with Crippen molar-refractivity contribution in [3.8, 4) is 22.6 Å². The van der Waals surface area contributed by atoms with Gasteiger partial charge in [-0.2, -0.15) is 0 Å². The molecular formula is C26H27FN2O3. The van der Waals surface area contributed by atoms with Gasteiger partial charge in [-0.15, -0.1) is 0 Å². The minimum atomic E-state index is -0.264. The molecule has 3 aromatic rings. The molecular weight excluding hydrogens is 407 g/mol. The molecule has 0 bridgehead atoms. The van der Waals surface area contributed by atoms with Gasteiger partial charge in [0.2, 0.25) is 5.91 Å². The van der Waals surface area contributed by atoms with Crippen molar-refractivity contribution >= 4 is 5.91 Å². The second-order valence-electron chi connectivity index (χ2n) is 8.03. The molecule has 0 aliphatic carbocycles. The van der Waals surface area contributed by atoms with Gasteiger partial charge in [-0.3, -0.25) is 9.78 Å². The number of amides is 1. The Morgan fingerprint density at radius 3 is 2.56 bits per heavy atom. The summed E-state index contributed by atoms with van der Waals surface area (Å²) in [5, 5.41) is 0. The number of hydrogen-bond acceptors (Lipinski definition) is 4. The van der Waals surface area contributed by atoms with Crippen LogP contribution >= 0.6 is 0 Å². The monoisotopic (exact) mass is 434 g/mol. The van der Waals surface area contributed by atoms with Crippen LogP contribution in [0.1, 0.15) is 35.8 Å². The first-order chi connectivity index (χ1) is 15.5. The summed E-state index contributed by atoms with van der Waals surface area (Å²) in [4.78, 5) is 20.0. The van der Waals surface area contributed by atoms with Gasteiger partial charge in [-0.1, -0.05) is 12.1 Å². The van der Waals surface area contributed by atoms with Crippen LogP contribution in [0.15, 0.2) is 54.6 Å². The molecule has 1 aliphatic rings. The number of carbonyl (C=O) groups is 1. The molecule has 1 amide bonds. The van der Waals surface area contributed by atoms with Crippen molar-refractivity contribution in [1.29, 1.82) is 0 Å². The van der Waals surface area contributed by atoms with Crippen LogP contribution in [0.4, 0.5) is 4.39 Å². The zero-order chi connectivity index (χ0) is 22.7. The van der Waals surface area contributed by atoms with E-state index < -0.39 is 0 Å². The van der Waals surface area contributed by atoms with Crippen LogP contribution in [0, 0.1) is 12.7 Å². The van der Waals surface area contributed by atoms with Crippen molar-refractivity contribution in [1.82, 2.24) is 9.88 Å². The van der Waals surface area contributed by atoms with Gasteiger partial charge in [-0.25, -0.2) is 4.39 Å². The first-order valence-corrected chi connectivity index (χ1v) is 10.7. The van der Waals surface area contributed by atoms with Crippen molar-refractivity contribution in [2.75, 3.05) is 20.8 Å². The molecule has 1 aliphatic heterocycles. The average Bonchev–Trinajstić information content (AvgIpc) is 3.29. The summed E-state index contributed by atoms with van der Waals surface area (Å²) in [5.74, 6) is 1.13. The summed E-state index contributed by atoms with van der Waals surface area (Å²) in [6, 6.07) is 15.8. The van der Waals surface area contributed by atoms with Crippen molar-refractivity contribution in [3.05, 3.63) is 77.4 Å². The fourth-order valence-electron chi connectivity index (χ4n) is 4.33. The number of methoxy groups -OCH3 is 2. The Hall–Kier alpha value is -3.41. The standard InChI is InChI=1S/C26H27FN2O3/c1-17-13-19(18-6-8-21(27)9-7-18)15-23(28-17)24-5-4-12-29(24)26(30)16-20-14-22(31-2)10-11-25(20)32-3/h6-11,13-15,24H,4-5,12,16H2,1-3H3/t24-/m1/s1. The Morgan fingerprint density at radius 2 is 1.84 bits per heavy atom. The number of halogens is 1. The van der Waals surface area contributed by atoms with Gasteiger partial charge in [0.25, 0.3) is 0 Å². The molecule has 0 spiro atoms. The Kier molecular flexibility index (Phi) is 6.40. The van der Waals surface area contributed by atoms with Gasteiger partial charge >= 0.3 is 0 Å². The highest BCUT2D eigenvalue weighted by Crippen LogP contribution is 2.34. The number of rotatable bonds is 6. The number of pyridine rings is 1. The smallest absolute Gasteiger partial charge is 0.227 e. The van der Waals surface area contributed by atoms with E-state index in [1.54, 1.807) is 26.4 Å². The highest BCUT2D eigenvalue weighted by molar-refractivity contribution is 5.80. The van der Waals surface area contributed by atoms with E-state index in [4.69, 9.17) is 14.5 Å². The third-order valence-electron chi connectivity index (χ3n) is 5.89. The third-order valence-corrected chi connectivity index (χ3v) is 5.89. The largest absolute Gasteiger partial charge is 0.497 e. The third kappa shape index (κ3) is 4.59. The molecule has 0 radical (unpaired) electrons. The van der Waals surface area contributed by atoms with Crippen LogP contribution in [0.2, 0.25) is 0 Å². The lowest BCUT2D eigenvalue weighted by molar-refractivity contribution is -0.131. The first-order valence-electron chi connectivity index (χ1n) is 10.7. The van der Waals surface area contributed by atoms with Crippen molar-refractivity contribution in [2.24, 2.45) is 0 Å². The number of carbonyl (C=O) groups excluding carboxylic acids is 1. The van der Waals surface area contributed by atoms with E-state index in [1.807, 2.05) is 42.2 Å². The summed E-state index contributed by atoms with van der Waals surface area (Å²) in [6.45, 7) is 2.63. The molecule has 1 fully saturated rings. The Balaban J connectivity index is 1.60. The van der Waals surface area contributed by atoms with Crippen LogP contribution in [-0.2, 0) is 11.2 Å². The molecule has 2 aromatic carbocycles. The van der Waals surface area contributed by atoms with E-state index in [0.717, 1.165) is 40.9 Å². The predicted molar refractivity (Wildman–Crippen MR) is 121 cm³/mol. The summed E-state index contributed by atoms with van der Waals surface area (Å²) in [5.41, 5.74) is 4.44. The molecule has 32 heavy (non-hydrogen) atoms. The summed E-state index contributed by atoms with van der Waals surface area (Å²) >= 11 is 0. The highest BCUT2D eigenvalue weighted by Gasteiger charge is 2.31. The van der Waals surface area contributed by atoms with Crippen molar-refractivity contribution in [2.45, 2.75) is 32.2 Å². The minimum Gasteiger partial charge on any atom is -0.497 e. The SMILES string of the molecule is COc1ccc(OC)c(CC(=O)N2CCC[C@@H]2c2cc(-c3ccc(F)cc3)cc(C)n2)c1. The maximum absolute atomic E-state index is 13.4. The number of likely N-dealkylation sites (tertiary alicyclic amines) is 1. The number of nitrogens with zero attached hydrogens (tertiary/aromatic N) is 2. The molecule has 1 atom stereocenters. The van der Waals surface area contributed by atoms with E-state index in [9.17, 15) is 9.18 Å². The second-order valence-corrected chi connectivity index (χ2v) is 8.03. The average molecular weight is 435 g/mol. The maximum Gasteiger partial charge on any atom is 0.227 e. The van der Waals surface area contributed by atoms with Crippen molar-refractivity contribution < 1.29 is 18.7 Å². The Morgan fingerprint density at radius 1 is 1.06 bits per heavy atom. The van der Waals surface area contributed by atoms with Crippen LogP contribution in [-0.4, -0.2) is 36.6 Å². The van der Waals surface area contributed by atoms with E-state index in [0.29, 0.717) is 18.0 Å². The number of ether oxygens (including phenoxy) is 2. The molecule has 2 heterocycles. The molecule has 6 heteroatoms. The molecule has 0 saturated carbocycles. The zero-order valence-corrected chi connectivity index (χ0v) is 18.6. The lowest BCUT2D eigenvalue weighted by Crippen LogP contribution is -2.32. The molecule has 1 saturated heterocycles. The normalized spacial score (nSPS) is 15.6. The Bertz CT molecular complexity index is 1110. The lowest BCUT2D eigenvalue weighted by atomic mass is 10.0. The molecule has 1 aromatic heterocycles. The summed E-state index contributed by atoms with van der Waals surface area (Å²) < 4.78 is 24.1. The summed E-state index contributed by atoms with van der Waals surface area (Å²) in [7, 11) is 3.20. The predicted octanol–water partition coefficient (Wildman–Crippen LogP) is 5.12. The van der Waals surface area contributed by atoms with Crippen LogP contribution in [0.3, 0.4) is 0 Å². The van der Waals surface area contributed by atoms with E-state index in [2.05, 4.69) is 0 Å². The van der Waals surface area contributed by atoms with Gasteiger partial charge in [-0.05, 0) is 73.4 Å². The molecule has 5 nitrogen and oxygen atoms in total.